The number of hydrogen-bond acceptors (Lipinski definition) is 6. The smallest absolute Gasteiger partial charge is 0.242 e. The third kappa shape index (κ3) is 3.55. The fraction of sp³-hybridized carbons (Fsp3) is 0.571. The van der Waals surface area contributed by atoms with Crippen LogP contribution in [-0.2, 0) is 14.8 Å². The summed E-state index contributed by atoms with van der Waals surface area (Å²) in [7, 11) is -3.49. The second-order valence-corrected chi connectivity index (χ2v) is 7.35. The Morgan fingerprint density at radius 3 is 2.91 bits per heavy atom. The standard InChI is InChI=1S/C14H18N4O3S/c15-7-12-10-18(5-6-21-12)14-4-3-13(9-16-14)22(19,20)17-8-11-1-2-11/h3-4,9,11-12,17H,1-2,5-6,8,10H2. The molecule has 2 aliphatic rings. The van der Waals surface area contributed by atoms with Crippen LogP contribution in [0, 0.1) is 17.2 Å². The van der Waals surface area contributed by atoms with Gasteiger partial charge in [-0.1, -0.05) is 0 Å². The molecular weight excluding hydrogens is 304 g/mol. The lowest BCUT2D eigenvalue weighted by molar-refractivity contribution is 0.0761. The third-order valence-corrected chi connectivity index (χ3v) is 5.23. The highest BCUT2D eigenvalue weighted by molar-refractivity contribution is 7.89. The minimum absolute atomic E-state index is 0.169. The SMILES string of the molecule is N#CC1CN(c2ccc(S(=O)(=O)NCC3CC3)cn2)CCO1. The second kappa shape index (κ2) is 6.20. The van der Waals surface area contributed by atoms with Crippen LogP contribution in [0.1, 0.15) is 12.8 Å². The Kier molecular flexibility index (Phi) is 4.29. The molecule has 0 amide bonds. The van der Waals surface area contributed by atoms with Gasteiger partial charge in [-0.05, 0) is 30.9 Å². The molecule has 0 bridgehead atoms. The molecule has 1 N–H and O–H groups in total. The normalized spacial score (nSPS) is 22.3. The van der Waals surface area contributed by atoms with E-state index in [-0.39, 0.29) is 4.90 Å². The van der Waals surface area contributed by atoms with Gasteiger partial charge < -0.3 is 9.64 Å². The lowest BCUT2D eigenvalue weighted by Gasteiger charge is -2.30. The summed E-state index contributed by atoms with van der Waals surface area (Å²) in [5.41, 5.74) is 0. The first-order chi connectivity index (χ1) is 10.6. The summed E-state index contributed by atoms with van der Waals surface area (Å²) >= 11 is 0. The first kappa shape index (κ1) is 15.2. The molecular formula is C14H18N4O3S. The average molecular weight is 322 g/mol. The van der Waals surface area contributed by atoms with Gasteiger partial charge in [0.15, 0.2) is 6.10 Å². The molecule has 1 saturated carbocycles. The van der Waals surface area contributed by atoms with E-state index in [2.05, 4.69) is 15.8 Å². The van der Waals surface area contributed by atoms with Gasteiger partial charge in [0.1, 0.15) is 10.7 Å². The molecule has 8 heteroatoms. The van der Waals surface area contributed by atoms with Gasteiger partial charge in [-0.25, -0.2) is 18.1 Å². The molecule has 1 saturated heterocycles. The van der Waals surface area contributed by atoms with E-state index in [0.29, 0.717) is 38.0 Å². The Labute approximate surface area is 130 Å². The summed E-state index contributed by atoms with van der Waals surface area (Å²) in [4.78, 5) is 6.31. The number of nitrogens with zero attached hydrogens (tertiary/aromatic N) is 3. The van der Waals surface area contributed by atoms with E-state index >= 15 is 0 Å². The molecule has 1 aromatic rings. The van der Waals surface area contributed by atoms with Gasteiger partial charge in [-0.3, -0.25) is 0 Å². The van der Waals surface area contributed by atoms with Gasteiger partial charge >= 0.3 is 0 Å². The summed E-state index contributed by atoms with van der Waals surface area (Å²) in [6.45, 7) is 2.03. The van der Waals surface area contributed by atoms with Gasteiger partial charge in [-0.15, -0.1) is 0 Å². The summed E-state index contributed by atoms with van der Waals surface area (Å²) in [6, 6.07) is 5.30. The first-order valence-corrected chi connectivity index (χ1v) is 8.79. The number of morpholine rings is 1. The summed E-state index contributed by atoms with van der Waals surface area (Å²) < 4.78 is 32.1. The van der Waals surface area contributed by atoms with Crippen molar-refractivity contribution >= 4 is 15.8 Å². The lowest BCUT2D eigenvalue weighted by Crippen LogP contribution is -2.42. The number of rotatable bonds is 5. The topological polar surface area (TPSA) is 95.3 Å². The number of anilines is 1. The fourth-order valence-corrected chi connectivity index (χ4v) is 3.35. The summed E-state index contributed by atoms with van der Waals surface area (Å²) in [5, 5.41) is 8.91. The molecule has 1 aliphatic heterocycles. The maximum atomic E-state index is 12.1. The zero-order valence-corrected chi connectivity index (χ0v) is 12.9. The van der Waals surface area contributed by atoms with E-state index in [9.17, 15) is 8.42 Å². The molecule has 3 rings (SSSR count). The van der Waals surface area contributed by atoms with E-state index in [1.54, 1.807) is 12.1 Å². The van der Waals surface area contributed by atoms with Crippen LogP contribution in [0.25, 0.3) is 0 Å². The van der Waals surface area contributed by atoms with E-state index in [0.717, 1.165) is 12.8 Å². The lowest BCUT2D eigenvalue weighted by atomic mass is 10.3. The number of hydrogen-bond donors (Lipinski definition) is 1. The third-order valence-electron chi connectivity index (χ3n) is 3.82. The van der Waals surface area contributed by atoms with Crippen molar-refractivity contribution in [2.45, 2.75) is 23.8 Å². The van der Waals surface area contributed by atoms with Crippen LogP contribution >= 0.6 is 0 Å². The Morgan fingerprint density at radius 2 is 2.27 bits per heavy atom. The van der Waals surface area contributed by atoms with Gasteiger partial charge in [0.2, 0.25) is 10.0 Å². The predicted molar refractivity (Wildman–Crippen MR) is 79.7 cm³/mol. The minimum Gasteiger partial charge on any atom is -0.360 e. The second-order valence-electron chi connectivity index (χ2n) is 5.58. The van der Waals surface area contributed by atoms with Crippen LogP contribution in [0.15, 0.2) is 23.2 Å². The van der Waals surface area contributed by atoms with Gasteiger partial charge in [0, 0.05) is 19.3 Å². The molecule has 1 atom stereocenters. The fourth-order valence-electron chi connectivity index (χ4n) is 2.29. The molecule has 7 nitrogen and oxygen atoms in total. The monoisotopic (exact) mass is 322 g/mol. The Morgan fingerprint density at radius 1 is 1.45 bits per heavy atom. The van der Waals surface area contributed by atoms with Crippen molar-refractivity contribution in [1.82, 2.24) is 9.71 Å². The quantitative estimate of drug-likeness (QED) is 0.848. The Balaban J connectivity index is 1.68. The van der Waals surface area contributed by atoms with Crippen LogP contribution in [0.3, 0.4) is 0 Å². The number of pyridine rings is 1. The van der Waals surface area contributed by atoms with Crippen LogP contribution in [0.2, 0.25) is 0 Å². The molecule has 22 heavy (non-hydrogen) atoms. The molecule has 2 heterocycles. The van der Waals surface area contributed by atoms with Crippen molar-refractivity contribution in [2.75, 3.05) is 31.1 Å². The van der Waals surface area contributed by atoms with E-state index in [4.69, 9.17) is 10.00 Å². The Hall–Kier alpha value is -1.69. The molecule has 1 aromatic heterocycles. The zero-order valence-electron chi connectivity index (χ0n) is 12.1. The number of nitriles is 1. The number of sulfonamides is 1. The number of ether oxygens (including phenoxy) is 1. The molecule has 118 valence electrons. The highest BCUT2D eigenvalue weighted by Crippen LogP contribution is 2.28. The van der Waals surface area contributed by atoms with Crippen LogP contribution in [-0.4, -0.2) is 45.7 Å². The van der Waals surface area contributed by atoms with Crippen molar-refractivity contribution in [3.63, 3.8) is 0 Å². The van der Waals surface area contributed by atoms with E-state index in [1.165, 1.54) is 6.20 Å². The molecule has 0 spiro atoms. The van der Waals surface area contributed by atoms with Crippen molar-refractivity contribution < 1.29 is 13.2 Å². The number of aromatic nitrogens is 1. The van der Waals surface area contributed by atoms with Gasteiger partial charge in [0.05, 0.1) is 19.2 Å². The van der Waals surface area contributed by atoms with Crippen molar-refractivity contribution in [3.8, 4) is 6.07 Å². The zero-order chi connectivity index (χ0) is 15.6. The summed E-state index contributed by atoms with van der Waals surface area (Å²) in [6.07, 6.45) is 3.08. The highest BCUT2D eigenvalue weighted by Gasteiger charge is 2.25. The van der Waals surface area contributed by atoms with Crippen LogP contribution in [0.5, 0.6) is 0 Å². The molecule has 0 aromatic carbocycles. The van der Waals surface area contributed by atoms with Crippen molar-refractivity contribution in [1.29, 1.82) is 5.26 Å². The van der Waals surface area contributed by atoms with Gasteiger partial charge in [0.25, 0.3) is 0 Å². The van der Waals surface area contributed by atoms with Crippen molar-refractivity contribution in [3.05, 3.63) is 18.3 Å². The van der Waals surface area contributed by atoms with E-state index < -0.39 is 16.1 Å². The Bertz CT molecular complexity index is 664. The first-order valence-electron chi connectivity index (χ1n) is 7.30. The summed E-state index contributed by atoms with van der Waals surface area (Å²) in [5.74, 6) is 1.14. The largest absolute Gasteiger partial charge is 0.360 e. The van der Waals surface area contributed by atoms with Crippen LogP contribution < -0.4 is 9.62 Å². The van der Waals surface area contributed by atoms with Gasteiger partial charge in [-0.2, -0.15) is 5.26 Å². The maximum absolute atomic E-state index is 12.1. The van der Waals surface area contributed by atoms with Crippen molar-refractivity contribution in [2.24, 2.45) is 5.92 Å². The minimum atomic E-state index is -3.49. The molecule has 2 fully saturated rings. The molecule has 0 radical (unpaired) electrons. The molecule has 1 unspecified atom stereocenters. The number of nitrogens with one attached hydrogen (secondary N) is 1. The average Bonchev–Trinajstić information content (AvgIpc) is 3.38. The maximum Gasteiger partial charge on any atom is 0.242 e. The predicted octanol–water partition coefficient (Wildman–Crippen LogP) is 0.499. The highest BCUT2D eigenvalue weighted by atomic mass is 32.2. The van der Waals surface area contributed by atoms with E-state index in [1.807, 2.05) is 4.90 Å². The van der Waals surface area contributed by atoms with Crippen LogP contribution in [0.4, 0.5) is 5.82 Å². The molecule has 1 aliphatic carbocycles.